The van der Waals surface area contributed by atoms with Crippen molar-refractivity contribution in [3.63, 3.8) is 0 Å². The number of furan rings is 1. The predicted octanol–water partition coefficient (Wildman–Crippen LogP) is 4.44. The number of hydrogen-bond donors (Lipinski definition) is 2. The number of hydrogen-bond acceptors (Lipinski definition) is 7. The van der Waals surface area contributed by atoms with Crippen molar-refractivity contribution in [3.8, 4) is 5.75 Å². The number of fused-ring (bicyclic) bond motifs is 1. The normalized spacial score (nSPS) is 12.3. The van der Waals surface area contributed by atoms with Crippen LogP contribution in [-0.2, 0) is 27.9 Å². The quantitative estimate of drug-likeness (QED) is 0.259. The first-order valence-corrected chi connectivity index (χ1v) is 14.3. The number of sulfonamides is 1. The van der Waals surface area contributed by atoms with Gasteiger partial charge in [0, 0.05) is 22.0 Å². The molecule has 1 atom stereocenters. The Kier molecular flexibility index (Phi) is 7.64. The van der Waals surface area contributed by atoms with Crippen molar-refractivity contribution in [3.05, 3.63) is 117 Å². The maximum Gasteiger partial charge on any atom is 0.248 e. The van der Waals surface area contributed by atoms with Crippen molar-refractivity contribution in [1.29, 1.82) is 0 Å². The summed E-state index contributed by atoms with van der Waals surface area (Å²) in [5, 5.41) is 2.45. The van der Waals surface area contributed by atoms with E-state index < -0.39 is 22.0 Å². The zero-order valence-electron chi connectivity index (χ0n) is 20.9. The van der Waals surface area contributed by atoms with Crippen LogP contribution in [0.15, 0.2) is 105 Å². The third-order valence-corrected chi connectivity index (χ3v) is 8.42. The first-order valence-electron chi connectivity index (χ1n) is 12.0. The Morgan fingerprint density at radius 3 is 2.64 bits per heavy atom. The highest BCUT2D eigenvalue weighted by molar-refractivity contribution is 7.89. The Morgan fingerprint density at radius 1 is 1.05 bits per heavy atom. The van der Waals surface area contributed by atoms with Gasteiger partial charge in [0.15, 0.2) is 0 Å². The second-order valence-corrected chi connectivity index (χ2v) is 11.5. The van der Waals surface area contributed by atoms with E-state index in [1.54, 1.807) is 47.4 Å². The van der Waals surface area contributed by atoms with Gasteiger partial charge in [-0.25, -0.2) is 8.42 Å². The number of aromatic nitrogens is 1. The van der Waals surface area contributed by atoms with Gasteiger partial charge in [0.2, 0.25) is 21.5 Å². The van der Waals surface area contributed by atoms with Crippen molar-refractivity contribution in [2.24, 2.45) is 0 Å². The third-order valence-electron chi connectivity index (χ3n) is 6.14. The summed E-state index contributed by atoms with van der Waals surface area (Å²) in [6.45, 7) is 0.397. The van der Waals surface area contributed by atoms with E-state index in [1.807, 2.05) is 17.5 Å². The molecular weight excluding hydrogens is 538 g/mol. The summed E-state index contributed by atoms with van der Waals surface area (Å²) >= 11 is 1.50. The molecule has 1 unspecified atom stereocenters. The summed E-state index contributed by atoms with van der Waals surface area (Å²) in [6, 6.07) is 20.0. The molecule has 0 aliphatic rings. The molecule has 3 aromatic heterocycles. The smallest absolute Gasteiger partial charge is 0.248 e. The topological polar surface area (TPSA) is 122 Å². The highest BCUT2D eigenvalue weighted by atomic mass is 32.2. The minimum absolute atomic E-state index is 0.0504. The number of H-pyrrole nitrogens is 1. The highest BCUT2D eigenvalue weighted by Gasteiger charge is 2.33. The number of rotatable bonds is 10. The Bertz CT molecular complexity index is 1710. The first-order chi connectivity index (χ1) is 18.8. The molecule has 3 heterocycles. The molecule has 39 heavy (non-hydrogen) atoms. The van der Waals surface area contributed by atoms with Gasteiger partial charge in [0.25, 0.3) is 0 Å². The molecular formula is C28H25N3O6S2. The van der Waals surface area contributed by atoms with Crippen molar-refractivity contribution >= 4 is 38.2 Å². The lowest BCUT2D eigenvalue weighted by Gasteiger charge is -2.28. The van der Waals surface area contributed by atoms with Crippen LogP contribution in [0.1, 0.15) is 22.2 Å². The number of nitrogens with one attached hydrogen (secondary N) is 2. The average Bonchev–Trinajstić information content (AvgIpc) is 3.65. The van der Waals surface area contributed by atoms with Crippen molar-refractivity contribution in [2.45, 2.75) is 24.0 Å². The van der Waals surface area contributed by atoms with Crippen LogP contribution in [0.4, 0.5) is 0 Å². The third kappa shape index (κ3) is 5.95. The summed E-state index contributed by atoms with van der Waals surface area (Å²) in [6.07, 6.45) is 1.52. The Labute approximate surface area is 228 Å². The van der Waals surface area contributed by atoms with Gasteiger partial charge in [-0.05, 0) is 59.3 Å². The summed E-state index contributed by atoms with van der Waals surface area (Å²) < 4.78 is 41.0. The van der Waals surface area contributed by atoms with Crippen molar-refractivity contribution in [1.82, 2.24) is 14.6 Å². The first kappa shape index (κ1) is 26.4. The summed E-state index contributed by atoms with van der Waals surface area (Å²) in [4.78, 5) is 30.9. The number of pyridine rings is 1. The van der Waals surface area contributed by atoms with Gasteiger partial charge < -0.3 is 19.0 Å². The van der Waals surface area contributed by atoms with E-state index in [9.17, 15) is 18.0 Å². The van der Waals surface area contributed by atoms with Gasteiger partial charge in [-0.15, -0.1) is 11.3 Å². The second kappa shape index (κ2) is 11.3. The lowest BCUT2D eigenvalue weighted by Crippen LogP contribution is -2.42. The molecule has 11 heteroatoms. The highest BCUT2D eigenvalue weighted by Crippen LogP contribution is 2.30. The van der Waals surface area contributed by atoms with Gasteiger partial charge in [0.1, 0.15) is 17.6 Å². The van der Waals surface area contributed by atoms with Crippen molar-refractivity contribution in [2.75, 3.05) is 7.11 Å². The monoisotopic (exact) mass is 563 g/mol. The fraction of sp³-hybridized carbons (Fsp3) is 0.143. The van der Waals surface area contributed by atoms with E-state index >= 15 is 0 Å². The minimum atomic E-state index is -4.20. The number of aromatic amines is 1. The van der Waals surface area contributed by atoms with Crippen molar-refractivity contribution < 1.29 is 22.4 Å². The van der Waals surface area contributed by atoms with Crippen LogP contribution >= 0.6 is 11.3 Å². The average molecular weight is 564 g/mol. The zero-order chi connectivity index (χ0) is 27.4. The van der Waals surface area contributed by atoms with E-state index in [1.165, 1.54) is 49.0 Å². The zero-order valence-corrected chi connectivity index (χ0v) is 22.5. The van der Waals surface area contributed by atoms with Crippen LogP contribution in [0.5, 0.6) is 5.75 Å². The van der Waals surface area contributed by atoms with Gasteiger partial charge in [-0.2, -0.15) is 4.72 Å². The van der Waals surface area contributed by atoms with E-state index in [0.717, 1.165) is 4.88 Å². The molecule has 0 spiro atoms. The van der Waals surface area contributed by atoms with Crippen LogP contribution in [0.2, 0.25) is 0 Å². The fourth-order valence-corrected chi connectivity index (χ4v) is 6.17. The lowest BCUT2D eigenvalue weighted by molar-refractivity contribution is -0.134. The molecule has 2 aromatic carbocycles. The number of ether oxygens (including phenoxy) is 1. The summed E-state index contributed by atoms with van der Waals surface area (Å²) in [7, 11) is -2.74. The molecule has 1 amide bonds. The van der Waals surface area contributed by atoms with Crippen LogP contribution in [0.3, 0.4) is 0 Å². The van der Waals surface area contributed by atoms with E-state index in [0.29, 0.717) is 28.0 Å². The molecule has 5 rings (SSSR count). The molecule has 5 aromatic rings. The molecule has 0 bridgehead atoms. The van der Waals surface area contributed by atoms with E-state index in [2.05, 4.69) is 9.71 Å². The number of carbonyl (C=O) groups excluding carboxylic acids is 1. The number of para-hydroxylation sites is 1. The van der Waals surface area contributed by atoms with Crippen LogP contribution in [0.25, 0.3) is 10.9 Å². The summed E-state index contributed by atoms with van der Waals surface area (Å²) in [5.74, 6) is 0.451. The summed E-state index contributed by atoms with van der Waals surface area (Å²) in [5.41, 5.74) is 0.578. The van der Waals surface area contributed by atoms with E-state index in [4.69, 9.17) is 9.15 Å². The Hall–Kier alpha value is -4.19. The van der Waals surface area contributed by atoms with Crippen LogP contribution in [-0.4, -0.2) is 31.3 Å². The number of nitrogens with zero attached hydrogens (tertiary/aromatic N) is 1. The largest absolute Gasteiger partial charge is 0.496 e. The molecule has 0 aliphatic carbocycles. The lowest BCUT2D eigenvalue weighted by atomic mass is 10.0. The van der Waals surface area contributed by atoms with Crippen LogP contribution in [0, 0.1) is 0 Å². The van der Waals surface area contributed by atoms with Gasteiger partial charge in [-0.3, -0.25) is 9.59 Å². The second-order valence-electron chi connectivity index (χ2n) is 8.72. The number of carbonyl (C=O) groups is 1. The minimum Gasteiger partial charge on any atom is -0.496 e. The molecule has 0 fully saturated rings. The Balaban J connectivity index is 1.55. The number of methoxy groups -OCH3 is 1. The predicted molar refractivity (Wildman–Crippen MR) is 148 cm³/mol. The fourth-order valence-electron chi connectivity index (χ4n) is 4.25. The molecule has 2 N–H and O–H groups in total. The van der Waals surface area contributed by atoms with E-state index in [-0.39, 0.29) is 23.5 Å². The molecule has 0 aliphatic heterocycles. The molecule has 9 nitrogen and oxygen atoms in total. The molecule has 200 valence electrons. The molecule has 0 radical (unpaired) electrons. The maximum absolute atomic E-state index is 14.2. The van der Waals surface area contributed by atoms with Gasteiger partial charge in [0.05, 0.1) is 31.4 Å². The van der Waals surface area contributed by atoms with Crippen LogP contribution < -0.4 is 15.0 Å². The molecule has 0 saturated heterocycles. The Morgan fingerprint density at radius 2 is 1.90 bits per heavy atom. The standard InChI is InChI=1S/C28H25N3O6S2/c1-36-25-9-3-2-8-23(25)27(28(33)31(17-20-6-4-14-37-20)18-21-7-5-15-38-21)30-39(34,35)22-11-12-24-19(16-22)10-13-26(32)29-24/h2-16,27,30H,17-18H2,1H3,(H,29,32). The van der Waals surface area contributed by atoms with Gasteiger partial charge >= 0.3 is 0 Å². The number of amides is 1. The molecule has 0 saturated carbocycles. The SMILES string of the molecule is COc1ccccc1C(NS(=O)(=O)c1ccc2[nH]c(=O)ccc2c1)C(=O)N(Cc1ccco1)Cc1cccs1. The van der Waals surface area contributed by atoms with Gasteiger partial charge in [-0.1, -0.05) is 24.3 Å². The maximum atomic E-state index is 14.2. The number of benzene rings is 2. The number of thiophene rings is 1.